The lowest BCUT2D eigenvalue weighted by Crippen LogP contribution is -2.00. The van der Waals surface area contributed by atoms with Crippen molar-refractivity contribution in [2.24, 2.45) is 0 Å². The van der Waals surface area contributed by atoms with Crippen molar-refractivity contribution in [2.75, 3.05) is 0 Å². The van der Waals surface area contributed by atoms with E-state index in [1.165, 1.54) is 45.9 Å². The number of para-hydroxylation sites is 1. The molecule has 0 saturated heterocycles. The average Bonchev–Trinajstić information content (AvgIpc) is 3.89. The van der Waals surface area contributed by atoms with Crippen LogP contribution in [0.3, 0.4) is 0 Å². The van der Waals surface area contributed by atoms with Gasteiger partial charge in [0.15, 0.2) is 17.5 Å². The highest BCUT2D eigenvalue weighted by atomic mass is 32.1. The molecule has 7 aromatic carbocycles. The summed E-state index contributed by atoms with van der Waals surface area (Å²) in [5, 5.41) is 7.03. The Morgan fingerprint density at radius 2 is 0.882 bits per heavy atom. The zero-order valence-electron chi connectivity index (χ0n) is 27.0. The monoisotopic (exact) mass is 687 g/mol. The summed E-state index contributed by atoms with van der Waals surface area (Å²) in [7, 11) is 0. The molecule has 0 unspecified atom stereocenters. The van der Waals surface area contributed by atoms with Gasteiger partial charge in [0.05, 0.1) is 0 Å². The summed E-state index contributed by atoms with van der Waals surface area (Å²) in [6.45, 7) is 0. The molecule has 0 aliphatic carbocycles. The molecule has 0 aliphatic rings. The second-order valence-corrected chi connectivity index (χ2v) is 14.8. The Morgan fingerprint density at radius 3 is 1.61 bits per heavy atom. The van der Waals surface area contributed by atoms with Crippen LogP contribution in [0.2, 0.25) is 0 Å². The van der Waals surface area contributed by atoms with Gasteiger partial charge in [0.2, 0.25) is 0 Å². The lowest BCUT2D eigenvalue weighted by Gasteiger charge is -2.10. The normalized spacial score (nSPS) is 11.9. The van der Waals surface area contributed by atoms with E-state index in [1.807, 2.05) is 41.7 Å². The molecule has 0 bridgehead atoms. The number of hydrogen-bond acceptors (Lipinski definition) is 6. The van der Waals surface area contributed by atoms with Crippen molar-refractivity contribution in [1.29, 1.82) is 0 Å². The van der Waals surface area contributed by atoms with Gasteiger partial charge in [0.25, 0.3) is 0 Å². The summed E-state index contributed by atoms with van der Waals surface area (Å²) in [6.07, 6.45) is 0. The van der Waals surface area contributed by atoms with E-state index in [-0.39, 0.29) is 0 Å². The van der Waals surface area contributed by atoms with Crippen LogP contribution in [-0.4, -0.2) is 15.0 Å². The van der Waals surface area contributed by atoms with Gasteiger partial charge >= 0.3 is 0 Å². The third-order valence-electron chi connectivity index (χ3n) is 9.77. The Kier molecular flexibility index (Phi) is 6.26. The SMILES string of the molecule is c1ccc(-c2nc(-c3cccc4c3sc3ccccc34)nc(-c3cccc4oc5c(-c6cccc7c6sc6ccccc67)cccc5c34)n2)cc1. The maximum Gasteiger partial charge on any atom is 0.165 e. The van der Waals surface area contributed by atoms with Crippen LogP contribution in [-0.2, 0) is 0 Å². The molecule has 0 aliphatic heterocycles. The van der Waals surface area contributed by atoms with Crippen LogP contribution in [0.15, 0.2) is 156 Å². The van der Waals surface area contributed by atoms with Gasteiger partial charge in [-0.3, -0.25) is 0 Å². The van der Waals surface area contributed by atoms with Gasteiger partial charge in [-0.1, -0.05) is 127 Å². The molecular formula is C45H25N3OS2. The van der Waals surface area contributed by atoms with Crippen molar-refractivity contribution in [3.05, 3.63) is 152 Å². The van der Waals surface area contributed by atoms with Crippen LogP contribution in [0, 0.1) is 0 Å². The van der Waals surface area contributed by atoms with Crippen LogP contribution in [0.1, 0.15) is 0 Å². The number of thiophene rings is 2. The minimum Gasteiger partial charge on any atom is -0.455 e. The van der Waals surface area contributed by atoms with Crippen LogP contribution in [0.25, 0.3) is 108 Å². The molecule has 0 fully saturated rings. The molecule has 4 heterocycles. The van der Waals surface area contributed by atoms with Crippen LogP contribution in [0.4, 0.5) is 0 Å². The number of hydrogen-bond donors (Lipinski definition) is 0. The highest BCUT2D eigenvalue weighted by Gasteiger charge is 2.21. The molecule has 6 heteroatoms. The standard InChI is InChI=1S/C45H25N3OS2/c1-2-12-26(13-3-1)43-46-44(48-45(47-43)35-22-10-18-31-28-15-5-7-25-38(28)51-42(31)35)34-21-11-23-36-39(34)33-20-8-16-29(40(33)49-36)32-19-9-17-30-27-14-4-6-24-37(27)50-41(30)32/h1-25H. The summed E-state index contributed by atoms with van der Waals surface area (Å²) in [6, 6.07) is 53.0. The minimum atomic E-state index is 0.613. The van der Waals surface area contributed by atoms with Gasteiger partial charge in [-0.15, -0.1) is 22.7 Å². The smallest absolute Gasteiger partial charge is 0.165 e. The first-order chi connectivity index (χ1) is 25.3. The zero-order chi connectivity index (χ0) is 33.5. The molecule has 0 spiro atoms. The molecule has 4 aromatic heterocycles. The number of aromatic nitrogens is 3. The molecule has 0 atom stereocenters. The molecule has 4 nitrogen and oxygen atoms in total. The summed E-state index contributed by atoms with van der Waals surface area (Å²) in [4.78, 5) is 15.5. The van der Waals surface area contributed by atoms with E-state index in [2.05, 4.69) is 121 Å². The summed E-state index contributed by atoms with van der Waals surface area (Å²) >= 11 is 3.61. The number of rotatable bonds is 4. The molecule has 11 aromatic rings. The van der Waals surface area contributed by atoms with Gasteiger partial charge < -0.3 is 4.42 Å². The van der Waals surface area contributed by atoms with E-state index < -0.39 is 0 Å². The number of fused-ring (bicyclic) bond motifs is 9. The van der Waals surface area contributed by atoms with E-state index in [4.69, 9.17) is 19.4 Å². The van der Waals surface area contributed by atoms with Crippen LogP contribution >= 0.6 is 22.7 Å². The van der Waals surface area contributed by atoms with Crippen LogP contribution in [0.5, 0.6) is 0 Å². The molecule has 11 rings (SSSR count). The van der Waals surface area contributed by atoms with Gasteiger partial charge in [-0.05, 0) is 24.3 Å². The molecule has 0 saturated carbocycles. The highest BCUT2D eigenvalue weighted by Crippen LogP contribution is 2.45. The third kappa shape index (κ3) is 4.40. The summed E-state index contributed by atoms with van der Waals surface area (Å²) in [5.41, 5.74) is 6.75. The second kappa shape index (κ2) is 11.2. The summed E-state index contributed by atoms with van der Waals surface area (Å²) in [5.74, 6) is 1.90. The van der Waals surface area contributed by atoms with E-state index in [9.17, 15) is 0 Å². The summed E-state index contributed by atoms with van der Waals surface area (Å²) < 4.78 is 11.7. The number of furan rings is 1. The maximum absolute atomic E-state index is 6.78. The van der Waals surface area contributed by atoms with Crippen molar-refractivity contribution in [3.8, 4) is 45.3 Å². The number of nitrogens with zero attached hydrogens (tertiary/aromatic N) is 3. The third-order valence-corrected chi connectivity index (χ3v) is 12.2. The molecular weight excluding hydrogens is 663 g/mol. The van der Waals surface area contributed by atoms with E-state index >= 15 is 0 Å². The predicted molar refractivity (Wildman–Crippen MR) is 215 cm³/mol. The van der Waals surface area contributed by atoms with Crippen molar-refractivity contribution in [3.63, 3.8) is 0 Å². The Bertz CT molecular complexity index is 3160. The predicted octanol–water partition coefficient (Wildman–Crippen LogP) is 13.2. The fraction of sp³-hybridized carbons (Fsp3) is 0. The molecule has 51 heavy (non-hydrogen) atoms. The first-order valence-electron chi connectivity index (χ1n) is 16.9. The van der Waals surface area contributed by atoms with Crippen molar-refractivity contribution in [1.82, 2.24) is 15.0 Å². The first-order valence-corrected chi connectivity index (χ1v) is 18.5. The molecule has 238 valence electrons. The topological polar surface area (TPSA) is 51.8 Å². The maximum atomic E-state index is 6.78. The van der Waals surface area contributed by atoms with Gasteiger partial charge in [-0.2, -0.15) is 0 Å². The van der Waals surface area contributed by atoms with Gasteiger partial charge in [0, 0.05) is 78.9 Å². The lowest BCUT2D eigenvalue weighted by atomic mass is 9.99. The second-order valence-electron chi connectivity index (χ2n) is 12.7. The largest absolute Gasteiger partial charge is 0.455 e. The Labute approximate surface area is 299 Å². The van der Waals surface area contributed by atoms with Crippen molar-refractivity contribution >= 4 is 85.0 Å². The zero-order valence-corrected chi connectivity index (χ0v) is 28.6. The Morgan fingerprint density at radius 1 is 0.373 bits per heavy atom. The van der Waals surface area contributed by atoms with Gasteiger partial charge in [-0.25, -0.2) is 15.0 Å². The number of benzene rings is 7. The van der Waals surface area contributed by atoms with E-state index in [1.54, 1.807) is 11.3 Å². The average molecular weight is 688 g/mol. The highest BCUT2D eigenvalue weighted by molar-refractivity contribution is 7.26. The Hall–Kier alpha value is -6.21. The van der Waals surface area contributed by atoms with Crippen molar-refractivity contribution < 1.29 is 4.42 Å². The lowest BCUT2D eigenvalue weighted by molar-refractivity contribution is 0.670. The van der Waals surface area contributed by atoms with E-state index in [0.717, 1.165) is 44.2 Å². The van der Waals surface area contributed by atoms with Gasteiger partial charge in [0.1, 0.15) is 11.2 Å². The van der Waals surface area contributed by atoms with E-state index in [0.29, 0.717) is 17.5 Å². The quantitative estimate of drug-likeness (QED) is 0.185. The van der Waals surface area contributed by atoms with Crippen LogP contribution < -0.4 is 0 Å². The minimum absolute atomic E-state index is 0.613. The fourth-order valence-corrected chi connectivity index (χ4v) is 9.90. The molecule has 0 radical (unpaired) electrons. The first kappa shape index (κ1) is 28.6. The molecule has 0 amide bonds. The fourth-order valence-electron chi connectivity index (χ4n) is 7.46. The Balaban J connectivity index is 1.16. The van der Waals surface area contributed by atoms with Crippen molar-refractivity contribution in [2.45, 2.75) is 0 Å². The molecule has 0 N–H and O–H groups in total.